The molecule has 0 aliphatic rings. The molecule has 0 aromatic heterocycles. The predicted molar refractivity (Wildman–Crippen MR) is 5.75 cm³/mol. The molecule has 0 heterocycles. The smallest absolute Gasteiger partial charge is 1.00 e. The summed E-state index contributed by atoms with van der Waals surface area (Å²) < 4.78 is 0. The Morgan fingerprint density at radius 1 is 1.00 bits per heavy atom. The van der Waals surface area contributed by atoms with E-state index in [0.29, 0.717) is 0 Å². The minimum Gasteiger partial charge on any atom is 1.00 e. The van der Waals surface area contributed by atoms with Crippen molar-refractivity contribution in [2.45, 2.75) is 0 Å². The summed E-state index contributed by atoms with van der Waals surface area (Å²) in [5.41, 5.74) is 0. The number of hydrogen-bond donors (Lipinski definition) is 0. The molecular weight excluding hydrogens is 435 g/mol. The zero-order chi connectivity index (χ0) is 0. The molecule has 0 rings (SSSR count). The molecular formula is AgAsCrHg+8. The van der Waals surface area contributed by atoms with E-state index in [9.17, 15) is 0 Å². The van der Waals surface area contributed by atoms with Gasteiger partial charge in [0.25, 0.3) is 0 Å². The Kier molecular flexibility index (Phi) is 126. The maximum absolute atomic E-state index is 0. The summed E-state index contributed by atoms with van der Waals surface area (Å²) in [5, 5.41) is 0. The maximum atomic E-state index is 0. The Morgan fingerprint density at radius 3 is 1.00 bits per heavy atom. The van der Waals surface area contributed by atoms with Crippen molar-refractivity contribution in [1.29, 1.82) is 0 Å². The maximum Gasteiger partial charge on any atom is 3.00 e. The van der Waals surface area contributed by atoms with Gasteiger partial charge in [-0.1, -0.05) is 0 Å². The van der Waals surface area contributed by atoms with Gasteiger partial charge < -0.3 is 0 Å². The minimum absolute atomic E-state index is 0. The van der Waals surface area contributed by atoms with Gasteiger partial charge in [0.15, 0.2) is 0 Å². The average Bonchev–Trinajstić information content (AvgIpc) is 0. The molecule has 0 aliphatic carbocycles. The first-order valence-electron chi connectivity index (χ1n) is 0. The van der Waals surface area contributed by atoms with E-state index in [-0.39, 0.29) is 85.4 Å². The van der Waals surface area contributed by atoms with Crippen LogP contribution in [0.3, 0.4) is 0 Å². The molecule has 0 atom stereocenters. The third-order valence-corrected chi connectivity index (χ3v) is 0. The second kappa shape index (κ2) is 17.1. The summed E-state index contributed by atoms with van der Waals surface area (Å²) in [6.45, 7) is 0. The van der Waals surface area contributed by atoms with Gasteiger partial charge >= 0.3 is 85.4 Å². The molecule has 0 N–H and O–H groups in total. The zero-order valence-electron chi connectivity index (χ0n) is 1.86. The van der Waals surface area contributed by atoms with Crippen LogP contribution in [0.1, 0.15) is 0 Å². The first-order chi connectivity index (χ1) is 0. The molecule has 0 bridgehead atoms. The first-order valence-corrected chi connectivity index (χ1v) is 0. The molecule has 0 saturated carbocycles. The first kappa shape index (κ1) is 29.4. The summed E-state index contributed by atoms with van der Waals surface area (Å²) in [6, 6.07) is 0. The standard InChI is InChI=1S/Ag.As.Cr.Hg/q+1;+3;2*+2. The van der Waals surface area contributed by atoms with Crippen molar-refractivity contribution < 1.29 is 67.4 Å². The summed E-state index contributed by atoms with van der Waals surface area (Å²) in [4.78, 5) is 0. The Labute approximate surface area is 83.9 Å². The average molecular weight is 435 g/mol. The molecule has 16 valence electrons. The van der Waals surface area contributed by atoms with Gasteiger partial charge in [0.1, 0.15) is 0 Å². The SMILES string of the molecule is [Ag+].[As+3].[Cr+2].[Hg+2]. The van der Waals surface area contributed by atoms with Crippen molar-refractivity contribution in [3.05, 3.63) is 0 Å². The van der Waals surface area contributed by atoms with Crippen LogP contribution in [0, 0.1) is 0 Å². The van der Waals surface area contributed by atoms with Crippen molar-refractivity contribution in [3.8, 4) is 0 Å². The zero-order valence-corrected chi connectivity index (χ0v) is 12.0. The van der Waals surface area contributed by atoms with Crippen LogP contribution in [0.5, 0.6) is 0 Å². The molecule has 0 amide bonds. The van der Waals surface area contributed by atoms with Gasteiger partial charge in [-0.15, -0.1) is 0 Å². The molecule has 4 heavy (non-hydrogen) atoms. The van der Waals surface area contributed by atoms with Crippen LogP contribution >= 0.6 is 0 Å². The molecule has 0 saturated heterocycles. The fourth-order valence-electron chi connectivity index (χ4n) is 0. The van der Waals surface area contributed by atoms with Crippen LogP contribution in [-0.2, 0) is 67.4 Å². The van der Waals surface area contributed by atoms with Gasteiger partial charge in [0.2, 0.25) is 0 Å². The van der Waals surface area contributed by atoms with Crippen molar-refractivity contribution in [2.75, 3.05) is 0 Å². The third kappa shape index (κ3) is 8.84. The number of rotatable bonds is 0. The number of hydrogen-bond acceptors (Lipinski definition) is 0. The second-order valence-corrected chi connectivity index (χ2v) is 0. The predicted octanol–water partition coefficient (Wildman–Crippen LogP) is -0.388. The van der Waals surface area contributed by atoms with E-state index in [1.165, 1.54) is 0 Å². The van der Waals surface area contributed by atoms with Gasteiger partial charge in [0.05, 0.1) is 0 Å². The monoisotopic (exact) mass is 436 g/mol. The molecule has 0 aromatic carbocycles. The van der Waals surface area contributed by atoms with Gasteiger partial charge in [-0.2, -0.15) is 0 Å². The van der Waals surface area contributed by atoms with Crippen LogP contribution in [0.2, 0.25) is 0 Å². The summed E-state index contributed by atoms with van der Waals surface area (Å²) in [5.74, 6) is 0. The van der Waals surface area contributed by atoms with E-state index >= 15 is 0 Å². The van der Waals surface area contributed by atoms with Crippen molar-refractivity contribution in [1.82, 2.24) is 0 Å². The van der Waals surface area contributed by atoms with Crippen LogP contribution in [0.4, 0.5) is 0 Å². The van der Waals surface area contributed by atoms with E-state index in [1.807, 2.05) is 0 Å². The van der Waals surface area contributed by atoms with E-state index < -0.39 is 0 Å². The summed E-state index contributed by atoms with van der Waals surface area (Å²) >= 11 is 0. The van der Waals surface area contributed by atoms with Gasteiger partial charge in [-0.25, -0.2) is 0 Å². The van der Waals surface area contributed by atoms with Crippen LogP contribution in [0.15, 0.2) is 0 Å². The van der Waals surface area contributed by atoms with E-state index in [0.717, 1.165) is 0 Å². The largest absolute Gasteiger partial charge is 3.00 e. The molecule has 4 heteroatoms. The van der Waals surface area contributed by atoms with Gasteiger partial charge in [0, 0.05) is 0 Å². The van der Waals surface area contributed by atoms with Crippen molar-refractivity contribution in [2.24, 2.45) is 0 Å². The third-order valence-electron chi connectivity index (χ3n) is 0. The Bertz CT molecular complexity index is 8.00. The minimum atomic E-state index is 0. The fraction of sp³-hybridized carbons (Fsp3) is 0. The van der Waals surface area contributed by atoms with Gasteiger partial charge in [-0.05, 0) is 0 Å². The Balaban J connectivity index is 0. The summed E-state index contributed by atoms with van der Waals surface area (Å²) in [7, 11) is 0. The second-order valence-electron chi connectivity index (χ2n) is 0. The molecule has 2 radical (unpaired) electrons. The molecule has 0 unspecified atom stereocenters. The molecule has 0 aliphatic heterocycles. The van der Waals surface area contributed by atoms with Crippen LogP contribution in [-0.4, -0.2) is 18.0 Å². The normalized spacial score (nSPS) is 0. The van der Waals surface area contributed by atoms with Crippen LogP contribution in [0.25, 0.3) is 0 Å². The Hall–Kier alpha value is 2.77. The van der Waals surface area contributed by atoms with Crippen molar-refractivity contribution in [3.63, 3.8) is 0 Å². The van der Waals surface area contributed by atoms with Crippen LogP contribution < -0.4 is 0 Å². The molecule has 0 nitrogen and oxygen atoms in total. The van der Waals surface area contributed by atoms with E-state index in [4.69, 9.17) is 0 Å². The summed E-state index contributed by atoms with van der Waals surface area (Å²) in [6.07, 6.45) is 0. The molecule has 0 spiro atoms. The fourth-order valence-corrected chi connectivity index (χ4v) is 0. The van der Waals surface area contributed by atoms with E-state index in [2.05, 4.69) is 0 Å². The van der Waals surface area contributed by atoms with Gasteiger partial charge in [-0.3, -0.25) is 0 Å². The van der Waals surface area contributed by atoms with E-state index in [1.54, 1.807) is 0 Å². The molecule has 0 aromatic rings. The van der Waals surface area contributed by atoms with Crippen molar-refractivity contribution >= 4 is 18.0 Å². The quantitative estimate of drug-likeness (QED) is 0.455. The Morgan fingerprint density at radius 2 is 1.00 bits per heavy atom. The molecule has 0 fully saturated rings. The topological polar surface area (TPSA) is 0 Å².